The van der Waals surface area contributed by atoms with E-state index >= 15 is 0 Å². The van der Waals surface area contributed by atoms with Gasteiger partial charge in [0.2, 0.25) is 0 Å². The lowest BCUT2D eigenvalue weighted by molar-refractivity contribution is 0.0706. The molecular formula is C20H46O6Si2. The second kappa shape index (κ2) is 18.0. The van der Waals surface area contributed by atoms with Crippen LogP contribution in [0.3, 0.4) is 0 Å². The first kappa shape index (κ1) is 28.2. The van der Waals surface area contributed by atoms with Crippen molar-refractivity contribution in [3.05, 3.63) is 0 Å². The fraction of sp³-hybridized carbons (Fsp3) is 1.00. The lowest BCUT2D eigenvalue weighted by atomic mass is 10.1. The van der Waals surface area contributed by atoms with Crippen LogP contribution >= 0.6 is 0 Å². The van der Waals surface area contributed by atoms with E-state index in [0.29, 0.717) is 19.8 Å². The Labute approximate surface area is 176 Å². The number of unbranched alkanes of at least 4 members (excludes halogenated alkanes) is 8. The van der Waals surface area contributed by atoms with E-state index in [1.54, 1.807) is 21.3 Å². The first-order valence-electron chi connectivity index (χ1n) is 11.1. The average molecular weight is 439 g/mol. The highest BCUT2D eigenvalue weighted by atomic mass is 28.4. The third-order valence-electron chi connectivity index (χ3n) is 4.99. The van der Waals surface area contributed by atoms with Crippen LogP contribution in [0.1, 0.15) is 78.6 Å². The highest BCUT2D eigenvalue weighted by Crippen LogP contribution is 2.21. The summed E-state index contributed by atoms with van der Waals surface area (Å²) in [5.41, 5.74) is 0. The van der Waals surface area contributed by atoms with E-state index in [9.17, 15) is 0 Å². The molecule has 0 fully saturated rings. The molecule has 170 valence electrons. The van der Waals surface area contributed by atoms with Gasteiger partial charge in [-0.3, -0.25) is 0 Å². The van der Waals surface area contributed by atoms with Crippen molar-refractivity contribution in [1.82, 2.24) is 0 Å². The molecule has 0 unspecified atom stereocenters. The summed E-state index contributed by atoms with van der Waals surface area (Å²) in [6.07, 6.45) is 11.2. The summed E-state index contributed by atoms with van der Waals surface area (Å²) in [7, 11) is 0.243. The molecule has 0 aromatic carbocycles. The summed E-state index contributed by atoms with van der Waals surface area (Å²) in [6, 6.07) is 1.84. The lowest BCUT2D eigenvalue weighted by Crippen LogP contribution is -2.45. The van der Waals surface area contributed by atoms with Gasteiger partial charge in [0.15, 0.2) is 0 Å². The maximum Gasteiger partial charge on any atom is 0.500 e. The van der Waals surface area contributed by atoms with E-state index in [1.165, 1.54) is 44.9 Å². The monoisotopic (exact) mass is 438 g/mol. The van der Waals surface area contributed by atoms with Crippen molar-refractivity contribution in [3.63, 3.8) is 0 Å². The standard InChI is InChI=1S/C20H46O6Si2/c1-7-24-28(25-8-2,26-9-3)20-18-16-14-12-10-11-13-15-17-19-27(21-4,22-5)23-6/h7-20H2,1-6H3. The number of hydrogen-bond acceptors (Lipinski definition) is 6. The van der Waals surface area contributed by atoms with Crippen LogP contribution in [0.15, 0.2) is 0 Å². The van der Waals surface area contributed by atoms with Crippen LogP contribution in [0, 0.1) is 0 Å². The second-order valence-electron chi connectivity index (χ2n) is 6.96. The average Bonchev–Trinajstić information content (AvgIpc) is 2.70. The molecule has 0 aromatic rings. The minimum atomic E-state index is -2.44. The van der Waals surface area contributed by atoms with Gasteiger partial charge in [-0.15, -0.1) is 0 Å². The van der Waals surface area contributed by atoms with Gasteiger partial charge >= 0.3 is 17.6 Å². The van der Waals surface area contributed by atoms with Gasteiger partial charge in [-0.1, -0.05) is 44.9 Å². The van der Waals surface area contributed by atoms with Gasteiger partial charge in [0, 0.05) is 53.2 Å². The van der Waals surface area contributed by atoms with E-state index in [4.69, 9.17) is 26.6 Å². The smallest absolute Gasteiger partial charge is 0.377 e. The fourth-order valence-electron chi connectivity index (χ4n) is 3.48. The summed E-state index contributed by atoms with van der Waals surface area (Å²) < 4.78 is 34.1. The Morgan fingerprint density at radius 1 is 0.429 bits per heavy atom. The molecule has 0 radical (unpaired) electrons. The Hall–Kier alpha value is 0.194. The van der Waals surface area contributed by atoms with Crippen molar-refractivity contribution < 1.29 is 26.6 Å². The normalized spacial score (nSPS) is 12.6. The Bertz CT molecular complexity index is 317. The van der Waals surface area contributed by atoms with Crippen LogP contribution in [0.25, 0.3) is 0 Å². The van der Waals surface area contributed by atoms with Gasteiger partial charge in [0.25, 0.3) is 0 Å². The molecule has 0 amide bonds. The van der Waals surface area contributed by atoms with Crippen LogP contribution in [-0.2, 0) is 26.6 Å². The Morgan fingerprint density at radius 3 is 1.00 bits per heavy atom. The molecule has 0 aliphatic rings. The van der Waals surface area contributed by atoms with Crippen LogP contribution < -0.4 is 0 Å². The summed E-state index contributed by atoms with van der Waals surface area (Å²) in [5, 5.41) is 0. The molecule has 0 heterocycles. The first-order chi connectivity index (χ1) is 13.6. The minimum absolute atomic E-state index is 0.662. The van der Waals surface area contributed by atoms with E-state index in [-0.39, 0.29) is 0 Å². The zero-order valence-corrected chi connectivity index (χ0v) is 21.3. The highest BCUT2D eigenvalue weighted by molar-refractivity contribution is 6.61. The first-order valence-corrected chi connectivity index (χ1v) is 15.0. The maximum absolute atomic E-state index is 5.91. The number of hydrogen-bond donors (Lipinski definition) is 0. The molecular weight excluding hydrogens is 392 g/mol. The highest BCUT2D eigenvalue weighted by Gasteiger charge is 2.39. The van der Waals surface area contributed by atoms with Gasteiger partial charge in [-0.25, -0.2) is 0 Å². The largest absolute Gasteiger partial charge is 0.500 e. The molecule has 0 saturated heterocycles. The van der Waals surface area contributed by atoms with E-state index in [2.05, 4.69) is 0 Å². The molecule has 0 atom stereocenters. The van der Waals surface area contributed by atoms with Crippen molar-refractivity contribution in [2.24, 2.45) is 0 Å². The molecule has 0 aliphatic heterocycles. The summed E-state index contributed by atoms with van der Waals surface area (Å²) in [6.45, 7) is 8.03. The number of rotatable bonds is 21. The summed E-state index contributed by atoms with van der Waals surface area (Å²) in [4.78, 5) is 0. The molecule has 6 nitrogen and oxygen atoms in total. The van der Waals surface area contributed by atoms with Crippen molar-refractivity contribution in [1.29, 1.82) is 0 Å². The van der Waals surface area contributed by atoms with E-state index in [1.807, 2.05) is 20.8 Å². The van der Waals surface area contributed by atoms with Crippen LogP contribution in [0.4, 0.5) is 0 Å². The fourth-order valence-corrected chi connectivity index (χ4v) is 7.96. The van der Waals surface area contributed by atoms with Crippen molar-refractivity contribution in [3.8, 4) is 0 Å². The minimum Gasteiger partial charge on any atom is -0.377 e. The lowest BCUT2D eigenvalue weighted by Gasteiger charge is -2.28. The third-order valence-corrected chi connectivity index (χ3v) is 11.0. The predicted octanol–water partition coefficient (Wildman–Crippen LogP) is 5.42. The van der Waals surface area contributed by atoms with Gasteiger partial charge < -0.3 is 26.6 Å². The third kappa shape index (κ3) is 12.0. The van der Waals surface area contributed by atoms with Gasteiger partial charge in [0.05, 0.1) is 0 Å². The van der Waals surface area contributed by atoms with Gasteiger partial charge in [-0.2, -0.15) is 0 Å². The van der Waals surface area contributed by atoms with E-state index in [0.717, 1.165) is 24.9 Å². The molecule has 0 saturated carbocycles. The molecule has 0 N–H and O–H groups in total. The molecule has 28 heavy (non-hydrogen) atoms. The zero-order chi connectivity index (χ0) is 21.1. The second-order valence-corrected chi connectivity index (χ2v) is 12.8. The SMILES string of the molecule is CCO[Si](CCCCCCCCCCC[Si](OC)(OC)OC)(OCC)OCC. The Balaban J connectivity index is 3.75. The van der Waals surface area contributed by atoms with Gasteiger partial charge in [-0.05, 0) is 33.6 Å². The van der Waals surface area contributed by atoms with Crippen molar-refractivity contribution >= 4 is 17.6 Å². The van der Waals surface area contributed by atoms with Crippen LogP contribution in [0.2, 0.25) is 12.1 Å². The molecule has 8 heteroatoms. The molecule has 0 spiro atoms. The zero-order valence-electron chi connectivity index (χ0n) is 19.3. The van der Waals surface area contributed by atoms with Crippen LogP contribution in [-0.4, -0.2) is 58.8 Å². The molecule has 0 rings (SSSR count). The molecule has 0 bridgehead atoms. The maximum atomic E-state index is 5.91. The quantitative estimate of drug-likeness (QED) is 0.176. The molecule has 0 aliphatic carbocycles. The Morgan fingerprint density at radius 2 is 0.714 bits per heavy atom. The summed E-state index contributed by atoms with van der Waals surface area (Å²) in [5.74, 6) is 0. The van der Waals surface area contributed by atoms with Crippen molar-refractivity contribution in [2.75, 3.05) is 41.2 Å². The topological polar surface area (TPSA) is 55.4 Å². The van der Waals surface area contributed by atoms with Crippen molar-refractivity contribution in [2.45, 2.75) is 90.6 Å². The molecule has 0 aromatic heterocycles. The Kier molecular flexibility index (Phi) is 18.1. The van der Waals surface area contributed by atoms with Crippen LogP contribution in [0.5, 0.6) is 0 Å². The van der Waals surface area contributed by atoms with E-state index < -0.39 is 17.6 Å². The predicted molar refractivity (Wildman–Crippen MR) is 119 cm³/mol. The van der Waals surface area contributed by atoms with Gasteiger partial charge in [0.1, 0.15) is 0 Å². The summed E-state index contributed by atoms with van der Waals surface area (Å²) >= 11 is 0.